The molecule has 2 aromatic rings. The zero-order valence-corrected chi connectivity index (χ0v) is 15.0. The van der Waals surface area contributed by atoms with E-state index in [1.165, 1.54) is 6.07 Å². The van der Waals surface area contributed by atoms with Crippen molar-refractivity contribution in [2.45, 2.75) is 13.0 Å². The molecule has 0 heterocycles. The summed E-state index contributed by atoms with van der Waals surface area (Å²) in [6, 6.07) is 10.4. The molecule has 0 saturated heterocycles. The topological polar surface area (TPSA) is 21.3 Å². The lowest BCUT2D eigenvalue weighted by molar-refractivity contribution is 0.413. The molecule has 2 aromatic carbocycles. The second-order valence-corrected chi connectivity index (χ2v) is 6.31. The lowest BCUT2D eigenvalue weighted by Gasteiger charge is -2.21. The molecular weight excluding hydrogens is 401 g/mol. The number of benzene rings is 2. The Balaban J connectivity index is 2.55. The lowest BCUT2D eigenvalue weighted by atomic mass is 9.98. The van der Waals surface area contributed by atoms with Crippen molar-refractivity contribution in [1.82, 2.24) is 5.32 Å². The van der Waals surface area contributed by atoms with Gasteiger partial charge >= 0.3 is 0 Å². The summed E-state index contributed by atoms with van der Waals surface area (Å²) in [4.78, 5) is 0. The van der Waals surface area contributed by atoms with Crippen molar-refractivity contribution in [3.8, 4) is 5.75 Å². The van der Waals surface area contributed by atoms with Gasteiger partial charge < -0.3 is 10.1 Å². The maximum Gasteiger partial charge on any atom is 0.128 e. The molecule has 0 radical (unpaired) electrons. The van der Waals surface area contributed by atoms with Crippen LogP contribution in [0.5, 0.6) is 5.75 Å². The Kier molecular flexibility index (Phi) is 5.79. The number of methoxy groups -OCH3 is 1. The summed E-state index contributed by atoms with van der Waals surface area (Å²) in [7, 11) is 1.62. The van der Waals surface area contributed by atoms with Gasteiger partial charge in [-0.2, -0.15) is 0 Å². The number of nitrogens with one attached hydrogen (secondary N) is 1. The molecule has 0 amide bonds. The van der Waals surface area contributed by atoms with E-state index in [0.717, 1.165) is 26.8 Å². The van der Waals surface area contributed by atoms with Crippen LogP contribution >= 0.6 is 31.9 Å². The quantitative estimate of drug-likeness (QED) is 0.735. The minimum Gasteiger partial charge on any atom is -0.497 e. The highest BCUT2D eigenvalue weighted by molar-refractivity contribution is 9.10. The Bertz CT molecular complexity index is 634. The first-order valence-electron chi connectivity index (χ1n) is 6.58. The fraction of sp³-hybridized carbons (Fsp3) is 0.250. The molecule has 2 nitrogen and oxygen atoms in total. The highest BCUT2D eigenvalue weighted by atomic mass is 79.9. The molecular formula is C16H16Br2FNO. The molecule has 0 aromatic heterocycles. The normalized spacial score (nSPS) is 12.2. The molecule has 0 aliphatic heterocycles. The van der Waals surface area contributed by atoms with Gasteiger partial charge in [0.25, 0.3) is 0 Å². The summed E-state index contributed by atoms with van der Waals surface area (Å²) >= 11 is 6.94. The molecule has 1 unspecified atom stereocenters. The first-order valence-corrected chi connectivity index (χ1v) is 8.17. The number of hydrogen-bond donors (Lipinski definition) is 1. The molecule has 0 spiro atoms. The zero-order chi connectivity index (χ0) is 15.4. The largest absolute Gasteiger partial charge is 0.497 e. The van der Waals surface area contributed by atoms with Crippen molar-refractivity contribution < 1.29 is 9.13 Å². The first kappa shape index (κ1) is 16.5. The summed E-state index contributed by atoms with van der Waals surface area (Å²) in [6.07, 6.45) is 0. The number of halogens is 3. The van der Waals surface area contributed by atoms with Crippen LogP contribution in [0.4, 0.5) is 4.39 Å². The van der Waals surface area contributed by atoms with E-state index >= 15 is 0 Å². The predicted molar refractivity (Wildman–Crippen MR) is 90.3 cm³/mol. The molecule has 0 bridgehead atoms. The van der Waals surface area contributed by atoms with Crippen molar-refractivity contribution in [1.29, 1.82) is 0 Å². The van der Waals surface area contributed by atoms with Gasteiger partial charge in [-0.1, -0.05) is 38.8 Å². The smallest absolute Gasteiger partial charge is 0.128 e. The predicted octanol–water partition coefficient (Wildman–Crippen LogP) is 5.06. The van der Waals surface area contributed by atoms with Crippen molar-refractivity contribution in [3.05, 3.63) is 62.3 Å². The van der Waals surface area contributed by atoms with Gasteiger partial charge in [-0.05, 0) is 48.5 Å². The third-order valence-corrected chi connectivity index (χ3v) is 4.41. The van der Waals surface area contributed by atoms with Gasteiger partial charge in [0.05, 0.1) is 13.2 Å². The van der Waals surface area contributed by atoms with E-state index < -0.39 is 0 Å². The summed E-state index contributed by atoms with van der Waals surface area (Å²) in [5.74, 6) is 0.505. The number of hydrogen-bond acceptors (Lipinski definition) is 2. The average Bonchev–Trinajstić information content (AvgIpc) is 2.48. The van der Waals surface area contributed by atoms with Gasteiger partial charge in [-0.3, -0.25) is 0 Å². The minimum atomic E-state index is -0.253. The Hall–Kier alpha value is -0.910. The van der Waals surface area contributed by atoms with Crippen LogP contribution in [0.1, 0.15) is 24.1 Å². The molecule has 0 saturated carbocycles. The van der Waals surface area contributed by atoms with E-state index in [0.29, 0.717) is 5.56 Å². The maximum absolute atomic E-state index is 14.2. The number of rotatable bonds is 5. The van der Waals surface area contributed by atoms with E-state index in [9.17, 15) is 4.39 Å². The summed E-state index contributed by atoms with van der Waals surface area (Å²) in [5, 5.41) is 3.33. The first-order chi connectivity index (χ1) is 10.1. The molecule has 1 atom stereocenters. The Labute approximate surface area is 141 Å². The van der Waals surface area contributed by atoms with Crippen molar-refractivity contribution >= 4 is 31.9 Å². The highest BCUT2D eigenvalue weighted by Crippen LogP contribution is 2.33. The van der Waals surface area contributed by atoms with E-state index in [4.69, 9.17) is 4.74 Å². The van der Waals surface area contributed by atoms with Gasteiger partial charge in [0.1, 0.15) is 11.6 Å². The zero-order valence-electron chi connectivity index (χ0n) is 11.8. The van der Waals surface area contributed by atoms with Crippen LogP contribution in [0.25, 0.3) is 0 Å². The second-order valence-electron chi connectivity index (χ2n) is 4.54. The average molecular weight is 417 g/mol. The van der Waals surface area contributed by atoms with Crippen molar-refractivity contribution in [3.63, 3.8) is 0 Å². The molecule has 5 heteroatoms. The standard InChI is InChI=1S/C16H16Br2FNO/c1-3-20-16(13-8-10(17)4-7-15(13)19)12-9-11(21-2)5-6-14(12)18/h4-9,16,20H,3H2,1-2H3. The lowest BCUT2D eigenvalue weighted by Crippen LogP contribution is -2.23. The fourth-order valence-corrected chi connectivity index (χ4v) is 3.05. The highest BCUT2D eigenvalue weighted by Gasteiger charge is 2.20. The fourth-order valence-electron chi connectivity index (χ4n) is 2.20. The molecule has 0 aliphatic carbocycles. The molecule has 112 valence electrons. The summed E-state index contributed by atoms with van der Waals surface area (Å²) in [6.45, 7) is 2.72. The van der Waals surface area contributed by atoms with Crippen LogP contribution in [0.2, 0.25) is 0 Å². The third kappa shape index (κ3) is 3.84. The molecule has 21 heavy (non-hydrogen) atoms. The van der Waals surface area contributed by atoms with Crippen molar-refractivity contribution in [2.75, 3.05) is 13.7 Å². The Morgan fingerprint density at radius 1 is 1.14 bits per heavy atom. The van der Waals surface area contributed by atoms with E-state index in [-0.39, 0.29) is 11.9 Å². The third-order valence-electron chi connectivity index (χ3n) is 3.19. The van der Waals surface area contributed by atoms with Gasteiger partial charge in [0.15, 0.2) is 0 Å². The summed E-state index contributed by atoms with van der Waals surface area (Å²) in [5.41, 5.74) is 1.54. The SMILES string of the molecule is CCNC(c1cc(Br)ccc1F)c1cc(OC)ccc1Br. The monoisotopic (exact) mass is 415 g/mol. The van der Waals surface area contributed by atoms with Crippen LogP contribution in [0, 0.1) is 5.82 Å². The van der Waals surface area contributed by atoms with Crippen molar-refractivity contribution in [2.24, 2.45) is 0 Å². The molecule has 1 N–H and O–H groups in total. The maximum atomic E-state index is 14.2. The van der Waals surface area contributed by atoms with Crippen LogP contribution in [0.15, 0.2) is 45.3 Å². The minimum absolute atomic E-state index is 0.237. The second kappa shape index (κ2) is 7.38. The van der Waals surface area contributed by atoms with E-state index in [1.54, 1.807) is 19.2 Å². The van der Waals surface area contributed by atoms with Crippen LogP contribution in [0.3, 0.4) is 0 Å². The molecule has 0 fully saturated rings. The van der Waals surface area contributed by atoms with Gasteiger partial charge in [-0.15, -0.1) is 0 Å². The van der Waals surface area contributed by atoms with E-state index in [2.05, 4.69) is 37.2 Å². The van der Waals surface area contributed by atoms with Gasteiger partial charge in [-0.25, -0.2) is 4.39 Å². The van der Waals surface area contributed by atoms with Crippen LogP contribution in [-0.2, 0) is 0 Å². The van der Waals surface area contributed by atoms with Gasteiger partial charge in [0.2, 0.25) is 0 Å². The Morgan fingerprint density at radius 2 is 1.90 bits per heavy atom. The van der Waals surface area contributed by atoms with E-state index in [1.807, 2.05) is 25.1 Å². The Morgan fingerprint density at radius 3 is 2.57 bits per heavy atom. The van der Waals surface area contributed by atoms with Crippen LogP contribution in [-0.4, -0.2) is 13.7 Å². The molecule has 0 aliphatic rings. The van der Waals surface area contributed by atoms with Gasteiger partial charge in [0, 0.05) is 14.5 Å². The van der Waals surface area contributed by atoms with Crippen LogP contribution < -0.4 is 10.1 Å². The molecule has 2 rings (SSSR count). The summed E-state index contributed by atoms with van der Waals surface area (Å²) < 4.78 is 21.3. The number of ether oxygens (including phenoxy) is 1.